The molecule has 5 nitrogen and oxygen atoms in total. The third kappa shape index (κ3) is 3.38. The van der Waals surface area contributed by atoms with E-state index in [2.05, 4.69) is 10.3 Å². The van der Waals surface area contributed by atoms with Crippen LogP contribution in [0.5, 0.6) is 0 Å². The van der Waals surface area contributed by atoms with Crippen molar-refractivity contribution >= 4 is 24.5 Å². The molecule has 0 atom stereocenters. The van der Waals surface area contributed by atoms with Crippen LogP contribution in [0.2, 0.25) is 0 Å². The van der Waals surface area contributed by atoms with Crippen molar-refractivity contribution in [1.82, 2.24) is 5.32 Å². The first-order valence-corrected chi connectivity index (χ1v) is 8.67. The molecule has 0 saturated heterocycles. The smallest absolute Gasteiger partial charge is 0.341 e. The lowest BCUT2D eigenvalue weighted by atomic mass is 10.1. The first-order valence-electron chi connectivity index (χ1n) is 5.90. The molecule has 0 aromatic carbocycles. The third-order valence-corrected chi connectivity index (χ3v) is 5.49. The molecule has 0 aromatic heterocycles. The van der Waals surface area contributed by atoms with Gasteiger partial charge in [0.25, 0.3) is 0 Å². The molecule has 0 radical (unpaired) electrons. The second-order valence-electron chi connectivity index (χ2n) is 4.19. The van der Waals surface area contributed by atoms with Gasteiger partial charge in [0.2, 0.25) is 0 Å². The Bertz CT molecular complexity index is 397. The van der Waals surface area contributed by atoms with E-state index in [-0.39, 0.29) is 0 Å². The van der Waals surface area contributed by atoms with Gasteiger partial charge >= 0.3 is 7.60 Å². The Morgan fingerprint density at radius 2 is 1.94 bits per heavy atom. The van der Waals surface area contributed by atoms with Crippen LogP contribution in [0.3, 0.4) is 0 Å². The second kappa shape index (κ2) is 6.24. The van der Waals surface area contributed by atoms with Gasteiger partial charge in [0.05, 0.1) is 24.1 Å². The van der Waals surface area contributed by atoms with E-state index < -0.39 is 13.1 Å². The Morgan fingerprint density at radius 1 is 1.39 bits per heavy atom. The predicted molar refractivity (Wildman–Crippen MR) is 77.1 cm³/mol. The average Bonchev–Trinajstić information content (AvgIpc) is 2.27. The predicted octanol–water partition coefficient (Wildman–Crippen LogP) is 3.19. The largest absolute Gasteiger partial charge is 0.361 e. The number of rotatable bonds is 5. The third-order valence-electron chi connectivity index (χ3n) is 2.43. The summed E-state index contributed by atoms with van der Waals surface area (Å²) in [5, 5.41) is 4.38. The minimum Gasteiger partial charge on any atom is -0.341 e. The highest BCUT2D eigenvalue weighted by atomic mass is 32.2. The first kappa shape index (κ1) is 15.8. The molecule has 1 aliphatic heterocycles. The molecule has 1 heterocycles. The van der Waals surface area contributed by atoms with Crippen molar-refractivity contribution in [3.05, 3.63) is 11.5 Å². The van der Waals surface area contributed by atoms with E-state index in [0.717, 1.165) is 5.17 Å². The first-order chi connectivity index (χ1) is 8.39. The van der Waals surface area contributed by atoms with Crippen LogP contribution in [-0.2, 0) is 13.6 Å². The molecule has 0 aromatic rings. The summed E-state index contributed by atoms with van der Waals surface area (Å²) < 4.78 is 23.5. The van der Waals surface area contributed by atoms with Crippen LogP contribution in [-0.4, -0.2) is 30.2 Å². The van der Waals surface area contributed by atoms with Gasteiger partial charge in [-0.3, -0.25) is 9.56 Å². The van der Waals surface area contributed by atoms with E-state index in [1.54, 1.807) is 20.0 Å². The van der Waals surface area contributed by atoms with Crippen LogP contribution in [0, 0.1) is 0 Å². The van der Waals surface area contributed by atoms with Gasteiger partial charge in [0.15, 0.2) is 5.17 Å². The molecule has 0 saturated carbocycles. The van der Waals surface area contributed by atoms with Gasteiger partial charge in [-0.1, -0.05) is 11.8 Å². The van der Waals surface area contributed by atoms with E-state index in [1.807, 2.05) is 20.1 Å². The lowest BCUT2D eigenvalue weighted by molar-refractivity contribution is 0.223. The Hall–Kier alpha value is -0.290. The average molecular weight is 292 g/mol. The maximum absolute atomic E-state index is 12.8. The molecule has 7 heteroatoms. The quantitative estimate of drug-likeness (QED) is 0.788. The molecule has 1 aliphatic rings. The normalized spacial score (nSPS) is 18.9. The standard InChI is InChI=1S/C11H21N2O3PS/c1-6-15-17(14,16-7-2)9-8-12-10(18-5)13-11(9,3)4/h8H,6-7H2,1-5H3,(H,12,13). The van der Waals surface area contributed by atoms with Crippen molar-refractivity contribution in [1.29, 1.82) is 0 Å². The monoisotopic (exact) mass is 292 g/mol. The molecule has 104 valence electrons. The van der Waals surface area contributed by atoms with E-state index in [0.29, 0.717) is 18.5 Å². The fourth-order valence-electron chi connectivity index (χ4n) is 1.69. The topological polar surface area (TPSA) is 59.9 Å². The van der Waals surface area contributed by atoms with E-state index in [4.69, 9.17) is 9.05 Å². The Balaban J connectivity index is 3.08. The summed E-state index contributed by atoms with van der Waals surface area (Å²) in [6, 6.07) is 0. The number of nitrogens with one attached hydrogen (secondary N) is 1. The van der Waals surface area contributed by atoms with Crippen LogP contribution in [0.25, 0.3) is 0 Å². The number of amidine groups is 1. The summed E-state index contributed by atoms with van der Waals surface area (Å²) >= 11 is 1.51. The molecule has 18 heavy (non-hydrogen) atoms. The van der Waals surface area contributed by atoms with Crippen molar-refractivity contribution in [3.8, 4) is 0 Å². The SMILES string of the molecule is CCOP(=O)(OCC)C1=CNC(SC)=NC1(C)C. The highest BCUT2D eigenvalue weighted by molar-refractivity contribution is 8.13. The number of hydrogen-bond acceptors (Lipinski definition) is 6. The summed E-state index contributed by atoms with van der Waals surface area (Å²) in [6.45, 7) is 8.08. The highest BCUT2D eigenvalue weighted by Gasteiger charge is 2.41. The van der Waals surface area contributed by atoms with Crippen molar-refractivity contribution in [3.63, 3.8) is 0 Å². The Labute approximate surface area is 113 Å². The van der Waals surface area contributed by atoms with E-state index >= 15 is 0 Å². The summed E-state index contributed by atoms with van der Waals surface area (Å²) in [7, 11) is -3.27. The zero-order valence-electron chi connectivity index (χ0n) is 11.5. The maximum atomic E-state index is 12.8. The van der Waals surface area contributed by atoms with Gasteiger partial charge in [-0.15, -0.1) is 0 Å². The number of nitrogens with zero attached hydrogens (tertiary/aromatic N) is 1. The fourth-order valence-corrected chi connectivity index (χ4v) is 4.16. The van der Waals surface area contributed by atoms with Gasteiger partial charge in [-0.05, 0) is 34.0 Å². The summed E-state index contributed by atoms with van der Waals surface area (Å²) in [5.41, 5.74) is -0.594. The van der Waals surface area contributed by atoms with Crippen molar-refractivity contribution in [2.75, 3.05) is 19.5 Å². The molecule has 0 unspecified atom stereocenters. The molecule has 0 spiro atoms. The van der Waals surface area contributed by atoms with Gasteiger partial charge in [0.1, 0.15) is 0 Å². The zero-order valence-corrected chi connectivity index (χ0v) is 13.2. The molecule has 0 fully saturated rings. The van der Waals surface area contributed by atoms with Crippen LogP contribution in [0.4, 0.5) is 0 Å². The van der Waals surface area contributed by atoms with E-state index in [9.17, 15) is 4.57 Å². The molecule has 0 aliphatic carbocycles. The second-order valence-corrected chi connectivity index (χ2v) is 6.98. The minimum atomic E-state index is -3.27. The zero-order chi connectivity index (χ0) is 13.8. The van der Waals surface area contributed by atoms with E-state index in [1.165, 1.54) is 11.8 Å². The van der Waals surface area contributed by atoms with Gasteiger partial charge in [-0.2, -0.15) is 0 Å². The molecular formula is C11H21N2O3PS. The van der Waals surface area contributed by atoms with Crippen LogP contribution in [0.15, 0.2) is 16.5 Å². The van der Waals surface area contributed by atoms with Crippen molar-refractivity contribution in [2.24, 2.45) is 4.99 Å². The maximum Gasteiger partial charge on any atom is 0.361 e. The van der Waals surface area contributed by atoms with Crippen LogP contribution < -0.4 is 5.32 Å². The fraction of sp³-hybridized carbons (Fsp3) is 0.727. The minimum absolute atomic E-state index is 0.337. The Morgan fingerprint density at radius 3 is 2.33 bits per heavy atom. The van der Waals surface area contributed by atoms with Crippen LogP contribution >= 0.6 is 19.4 Å². The molecule has 1 rings (SSSR count). The van der Waals surface area contributed by atoms with Gasteiger partial charge in [0, 0.05) is 6.20 Å². The van der Waals surface area contributed by atoms with Crippen molar-refractivity contribution in [2.45, 2.75) is 33.2 Å². The van der Waals surface area contributed by atoms with Crippen LogP contribution in [0.1, 0.15) is 27.7 Å². The number of aliphatic imine (C=N–C) groups is 1. The van der Waals surface area contributed by atoms with Crippen molar-refractivity contribution < 1.29 is 13.6 Å². The number of hydrogen-bond donors (Lipinski definition) is 1. The Kier molecular flexibility index (Phi) is 5.46. The van der Waals surface area contributed by atoms with Gasteiger partial charge < -0.3 is 14.4 Å². The number of thioether (sulfide) groups is 1. The summed E-state index contributed by atoms with van der Waals surface area (Å²) in [5.74, 6) is 0. The van der Waals surface area contributed by atoms with Gasteiger partial charge in [-0.25, -0.2) is 0 Å². The molecule has 0 bridgehead atoms. The lowest BCUT2D eigenvalue weighted by Gasteiger charge is -2.32. The highest BCUT2D eigenvalue weighted by Crippen LogP contribution is 2.60. The summed E-state index contributed by atoms with van der Waals surface area (Å²) in [4.78, 5) is 4.51. The molecule has 0 amide bonds. The molecule has 1 N–H and O–H groups in total. The lowest BCUT2D eigenvalue weighted by Crippen LogP contribution is -2.32. The summed E-state index contributed by atoms with van der Waals surface area (Å²) in [6.07, 6.45) is 3.64. The molecular weight excluding hydrogens is 271 g/mol.